The molecule has 0 saturated carbocycles. The molecule has 0 radical (unpaired) electrons. The Balaban J connectivity index is 2.39. The summed E-state index contributed by atoms with van der Waals surface area (Å²) in [5, 5.41) is 12.6. The Labute approximate surface area is 149 Å². The van der Waals surface area contributed by atoms with Crippen LogP contribution in [0.5, 0.6) is 0 Å². The summed E-state index contributed by atoms with van der Waals surface area (Å²) in [4.78, 5) is 3.38. The molecule has 2 aromatic rings. The van der Waals surface area contributed by atoms with Gasteiger partial charge in [-0.1, -0.05) is 12.1 Å². The number of hydrogen-bond donors (Lipinski definition) is 1. The monoisotopic (exact) mass is 450 g/mol. The zero-order chi connectivity index (χ0) is 15.9. The average Bonchev–Trinajstić information content (AvgIpc) is 2.48. The molecule has 3 nitrogen and oxygen atoms in total. The minimum absolute atomic E-state index is 0.266. The van der Waals surface area contributed by atoms with Crippen LogP contribution in [-0.2, 0) is 0 Å². The number of halogens is 4. The van der Waals surface area contributed by atoms with Gasteiger partial charge in [0.25, 0.3) is 0 Å². The predicted molar refractivity (Wildman–Crippen MR) is 91.8 cm³/mol. The molecule has 0 amide bonds. The maximum absolute atomic E-state index is 14.2. The number of rotatable bonds is 2. The topological polar surface area (TPSA) is 35.8 Å². The first-order valence-electron chi connectivity index (χ1n) is 6.38. The van der Waals surface area contributed by atoms with E-state index in [1.807, 2.05) is 12.1 Å². The van der Waals surface area contributed by atoms with Crippen LogP contribution in [0.2, 0.25) is 0 Å². The molecule has 1 atom stereocenters. The number of alkyl halides is 2. The quantitative estimate of drug-likeness (QED) is 0.564. The van der Waals surface area contributed by atoms with Crippen molar-refractivity contribution in [3.63, 3.8) is 0 Å². The summed E-state index contributed by atoms with van der Waals surface area (Å²) in [6.45, 7) is 0. The minimum atomic E-state index is -0.959. The summed E-state index contributed by atoms with van der Waals surface area (Å²) in [6.07, 6.45) is -0.898. The lowest BCUT2D eigenvalue weighted by Crippen LogP contribution is -2.47. The third-order valence-corrected chi connectivity index (χ3v) is 4.44. The number of hydrogen-bond acceptors (Lipinski definition) is 3. The van der Waals surface area contributed by atoms with Gasteiger partial charge in [-0.05, 0) is 52.9 Å². The summed E-state index contributed by atoms with van der Waals surface area (Å²) in [5.41, 5.74) is 0.569. The van der Waals surface area contributed by atoms with Gasteiger partial charge < -0.3 is 0 Å². The molecule has 0 fully saturated rings. The van der Waals surface area contributed by atoms with Gasteiger partial charge in [0, 0.05) is 14.4 Å². The summed E-state index contributed by atoms with van der Waals surface area (Å²) in [6, 6.07) is 11.7. The minimum Gasteiger partial charge on any atom is -0.286 e. The van der Waals surface area contributed by atoms with E-state index in [9.17, 15) is 9.60 Å². The second kappa shape index (κ2) is 6.31. The zero-order valence-electron chi connectivity index (χ0n) is 11.0. The maximum atomic E-state index is 14.2. The van der Waals surface area contributed by atoms with E-state index in [2.05, 4.69) is 27.6 Å². The fraction of sp³-hybridized carbons (Fsp3) is 0.133. The molecule has 0 saturated heterocycles. The molecule has 0 spiro atoms. The van der Waals surface area contributed by atoms with Gasteiger partial charge >= 0.3 is 0 Å². The number of fused-ring (bicyclic) bond motifs is 1. The molecule has 1 N–H and O–H groups in total. The molecule has 1 unspecified atom stereocenters. The van der Waals surface area contributed by atoms with Gasteiger partial charge in [-0.3, -0.25) is 10.2 Å². The first-order valence-corrected chi connectivity index (χ1v) is 8.33. The van der Waals surface area contributed by atoms with Crippen molar-refractivity contribution in [2.45, 2.75) is 11.0 Å². The van der Waals surface area contributed by atoms with Crippen LogP contribution < -0.4 is 10.6 Å². The van der Waals surface area contributed by atoms with E-state index in [-0.39, 0.29) is 5.56 Å². The molecule has 3 rings (SSSR count). The molecular formula is C15H10Cl2FIN2O. The molecular weight excluding hydrogens is 441 g/mol. The van der Waals surface area contributed by atoms with Crippen LogP contribution in [0.15, 0.2) is 47.5 Å². The lowest BCUT2D eigenvalue weighted by Gasteiger charge is -2.30. The Hall–Kier alpha value is -0.890. The smallest absolute Gasteiger partial charge is 0.176 e. The van der Waals surface area contributed by atoms with E-state index in [4.69, 9.17) is 23.2 Å². The SMILES string of the molecule is ON1C(c2ccccc2F)=c2cc(I)ccc2=NC1C(Cl)Cl. The molecule has 0 aromatic heterocycles. The molecule has 22 heavy (non-hydrogen) atoms. The standard InChI is InChI=1S/C15H10Cl2FIN2O/c16-14(17)15-20-12-6-5-8(19)7-10(12)13(21(15)22)9-3-1-2-4-11(9)18/h1-7,14-15,22H. The van der Waals surface area contributed by atoms with Crippen LogP contribution in [0.4, 0.5) is 4.39 Å². The number of nitrogens with zero attached hydrogens (tertiary/aromatic N) is 2. The highest BCUT2D eigenvalue weighted by Crippen LogP contribution is 2.25. The molecule has 1 heterocycles. The fourth-order valence-corrected chi connectivity index (χ4v) is 3.17. The molecule has 7 heteroatoms. The van der Waals surface area contributed by atoms with Gasteiger partial charge in [0.15, 0.2) is 11.0 Å². The highest BCUT2D eigenvalue weighted by atomic mass is 127. The Morgan fingerprint density at radius 1 is 1.23 bits per heavy atom. The van der Waals surface area contributed by atoms with Crippen molar-refractivity contribution in [3.8, 4) is 0 Å². The van der Waals surface area contributed by atoms with Gasteiger partial charge in [0.1, 0.15) is 5.82 Å². The number of hydroxylamine groups is 2. The Bertz CT molecular complexity index is 844. The summed E-state index contributed by atoms with van der Waals surface area (Å²) < 4.78 is 15.2. The number of benzene rings is 2. The van der Waals surface area contributed by atoms with E-state index < -0.39 is 16.8 Å². The molecule has 2 aromatic carbocycles. The summed E-state index contributed by atoms with van der Waals surface area (Å²) in [7, 11) is 0. The fourth-order valence-electron chi connectivity index (χ4n) is 2.35. The Morgan fingerprint density at radius 2 is 1.95 bits per heavy atom. The highest BCUT2D eigenvalue weighted by molar-refractivity contribution is 14.1. The Morgan fingerprint density at radius 3 is 2.64 bits per heavy atom. The molecule has 0 aliphatic carbocycles. The highest BCUT2D eigenvalue weighted by Gasteiger charge is 2.30. The van der Waals surface area contributed by atoms with Gasteiger partial charge in [-0.15, -0.1) is 23.2 Å². The van der Waals surface area contributed by atoms with Crippen molar-refractivity contribution < 1.29 is 9.60 Å². The second-order valence-corrected chi connectivity index (χ2v) is 7.12. The van der Waals surface area contributed by atoms with Crippen LogP contribution in [0.3, 0.4) is 0 Å². The second-order valence-electron chi connectivity index (χ2n) is 4.71. The van der Waals surface area contributed by atoms with Crippen LogP contribution in [0.1, 0.15) is 5.56 Å². The molecule has 1 aliphatic heterocycles. The van der Waals surface area contributed by atoms with Crippen molar-refractivity contribution in [2.24, 2.45) is 4.99 Å². The lowest BCUT2D eigenvalue weighted by molar-refractivity contribution is -0.0631. The van der Waals surface area contributed by atoms with Gasteiger partial charge in [-0.25, -0.2) is 9.45 Å². The first-order chi connectivity index (χ1) is 10.5. The van der Waals surface area contributed by atoms with E-state index >= 15 is 0 Å². The van der Waals surface area contributed by atoms with Crippen molar-refractivity contribution in [1.82, 2.24) is 5.06 Å². The summed E-state index contributed by atoms with van der Waals surface area (Å²) >= 11 is 14.0. The van der Waals surface area contributed by atoms with Gasteiger partial charge in [0.05, 0.1) is 11.1 Å². The van der Waals surface area contributed by atoms with Crippen LogP contribution in [-0.4, -0.2) is 21.3 Å². The Kier molecular flexibility index (Phi) is 4.59. The largest absolute Gasteiger partial charge is 0.286 e. The molecule has 0 bridgehead atoms. The normalized spacial score (nSPS) is 17.5. The predicted octanol–water partition coefficient (Wildman–Crippen LogP) is 3.04. The molecule has 114 valence electrons. The van der Waals surface area contributed by atoms with E-state index in [1.54, 1.807) is 24.3 Å². The zero-order valence-corrected chi connectivity index (χ0v) is 14.7. The van der Waals surface area contributed by atoms with Crippen molar-refractivity contribution in [2.75, 3.05) is 0 Å². The van der Waals surface area contributed by atoms with Crippen LogP contribution >= 0.6 is 45.8 Å². The van der Waals surface area contributed by atoms with Gasteiger partial charge in [-0.2, -0.15) is 0 Å². The third kappa shape index (κ3) is 2.82. The average molecular weight is 451 g/mol. The van der Waals surface area contributed by atoms with E-state index in [1.165, 1.54) is 6.07 Å². The van der Waals surface area contributed by atoms with Crippen molar-refractivity contribution in [3.05, 3.63) is 68.0 Å². The van der Waals surface area contributed by atoms with Gasteiger partial charge in [0.2, 0.25) is 0 Å². The van der Waals surface area contributed by atoms with Crippen molar-refractivity contribution in [1.29, 1.82) is 0 Å². The maximum Gasteiger partial charge on any atom is 0.176 e. The third-order valence-electron chi connectivity index (χ3n) is 3.32. The first kappa shape index (κ1) is 16.0. The van der Waals surface area contributed by atoms with Crippen LogP contribution in [0.25, 0.3) is 5.70 Å². The molecule has 1 aliphatic rings. The lowest BCUT2D eigenvalue weighted by atomic mass is 10.1. The van der Waals surface area contributed by atoms with E-state index in [0.29, 0.717) is 16.3 Å². The van der Waals surface area contributed by atoms with Crippen LogP contribution in [0, 0.1) is 9.39 Å². The summed E-state index contributed by atoms with van der Waals surface area (Å²) in [5.74, 6) is -0.442. The van der Waals surface area contributed by atoms with E-state index in [0.717, 1.165) is 8.63 Å². The van der Waals surface area contributed by atoms with Crippen molar-refractivity contribution >= 4 is 51.5 Å².